The van der Waals surface area contributed by atoms with Crippen molar-refractivity contribution >= 4 is 23.0 Å². The van der Waals surface area contributed by atoms with Gasteiger partial charge in [-0.2, -0.15) is 0 Å². The maximum Gasteiger partial charge on any atom is 0.256 e. The SMILES string of the molecule is Nc1ccc(NCCN2CCN(c3ccccc3)CC2)c(C(=O)N2CCCC2)c1. The highest BCUT2D eigenvalue weighted by atomic mass is 16.2. The van der Waals surface area contributed by atoms with E-state index in [9.17, 15) is 4.79 Å². The molecule has 2 heterocycles. The molecule has 2 aliphatic heterocycles. The number of carbonyl (C=O) groups is 1. The van der Waals surface area contributed by atoms with Crippen molar-refractivity contribution in [3.05, 3.63) is 54.1 Å². The number of nitrogens with one attached hydrogen (secondary N) is 1. The van der Waals surface area contributed by atoms with E-state index in [1.165, 1.54) is 5.69 Å². The van der Waals surface area contributed by atoms with Crippen LogP contribution in [-0.4, -0.2) is 68.1 Å². The quantitative estimate of drug-likeness (QED) is 0.739. The highest BCUT2D eigenvalue weighted by molar-refractivity contribution is 6.00. The first-order chi connectivity index (χ1) is 14.2. The smallest absolute Gasteiger partial charge is 0.256 e. The fourth-order valence-corrected chi connectivity index (χ4v) is 4.20. The Bertz CT molecular complexity index is 811. The fourth-order valence-electron chi connectivity index (χ4n) is 4.20. The topological polar surface area (TPSA) is 64.8 Å². The van der Waals surface area contributed by atoms with Crippen LogP contribution in [0.25, 0.3) is 0 Å². The third-order valence-electron chi connectivity index (χ3n) is 5.90. The summed E-state index contributed by atoms with van der Waals surface area (Å²) in [6.45, 7) is 7.67. The molecule has 0 radical (unpaired) electrons. The predicted octanol–water partition coefficient (Wildman–Crippen LogP) is 2.74. The Hall–Kier alpha value is -2.73. The summed E-state index contributed by atoms with van der Waals surface area (Å²) >= 11 is 0. The number of hydrogen-bond donors (Lipinski definition) is 2. The molecule has 154 valence electrons. The standard InChI is InChI=1S/C23H31N5O/c24-19-8-9-22(21(18-19)23(29)28-11-4-5-12-28)25-10-13-26-14-16-27(17-15-26)20-6-2-1-3-7-20/h1-3,6-9,18,25H,4-5,10-17,24H2. The van der Waals surface area contributed by atoms with Crippen LogP contribution in [0.1, 0.15) is 23.2 Å². The van der Waals surface area contributed by atoms with Gasteiger partial charge in [0, 0.05) is 69.4 Å². The van der Waals surface area contributed by atoms with Crippen LogP contribution in [0.3, 0.4) is 0 Å². The lowest BCUT2D eigenvalue weighted by Gasteiger charge is -2.36. The molecule has 4 rings (SSSR count). The van der Waals surface area contributed by atoms with E-state index in [-0.39, 0.29) is 5.91 Å². The molecule has 2 aromatic rings. The van der Waals surface area contributed by atoms with Crippen LogP contribution in [0.2, 0.25) is 0 Å². The number of para-hydroxylation sites is 1. The van der Waals surface area contributed by atoms with Gasteiger partial charge in [0.1, 0.15) is 0 Å². The molecule has 2 fully saturated rings. The van der Waals surface area contributed by atoms with Gasteiger partial charge in [0.05, 0.1) is 5.56 Å². The molecule has 0 aliphatic carbocycles. The van der Waals surface area contributed by atoms with Gasteiger partial charge in [-0.15, -0.1) is 0 Å². The minimum absolute atomic E-state index is 0.0915. The van der Waals surface area contributed by atoms with E-state index in [4.69, 9.17) is 5.73 Å². The van der Waals surface area contributed by atoms with Crippen molar-refractivity contribution in [2.24, 2.45) is 0 Å². The van der Waals surface area contributed by atoms with Crippen molar-refractivity contribution in [2.75, 3.05) is 68.3 Å². The Morgan fingerprint density at radius 2 is 1.66 bits per heavy atom. The average molecular weight is 394 g/mol. The number of hydrogen-bond acceptors (Lipinski definition) is 5. The fraction of sp³-hybridized carbons (Fsp3) is 0.435. The number of likely N-dealkylation sites (tertiary alicyclic amines) is 1. The maximum absolute atomic E-state index is 12.9. The monoisotopic (exact) mass is 393 g/mol. The number of carbonyl (C=O) groups excluding carboxylic acids is 1. The second-order valence-corrected chi connectivity index (χ2v) is 7.90. The minimum atomic E-state index is 0.0915. The van der Waals surface area contributed by atoms with Gasteiger partial charge >= 0.3 is 0 Å². The van der Waals surface area contributed by atoms with Gasteiger partial charge in [0.15, 0.2) is 0 Å². The van der Waals surface area contributed by atoms with Gasteiger partial charge < -0.3 is 20.9 Å². The molecular formula is C23H31N5O. The molecule has 0 unspecified atom stereocenters. The van der Waals surface area contributed by atoms with Crippen LogP contribution in [0.4, 0.5) is 17.1 Å². The second-order valence-electron chi connectivity index (χ2n) is 7.90. The number of amides is 1. The molecule has 3 N–H and O–H groups in total. The lowest BCUT2D eigenvalue weighted by atomic mass is 10.1. The maximum atomic E-state index is 12.9. The Balaban J connectivity index is 1.29. The molecule has 1 amide bonds. The van der Waals surface area contributed by atoms with E-state index >= 15 is 0 Å². The van der Waals surface area contributed by atoms with E-state index < -0.39 is 0 Å². The number of benzene rings is 2. The highest BCUT2D eigenvalue weighted by Crippen LogP contribution is 2.23. The van der Waals surface area contributed by atoms with Crippen molar-refractivity contribution in [3.8, 4) is 0 Å². The zero-order valence-electron chi connectivity index (χ0n) is 17.0. The summed E-state index contributed by atoms with van der Waals surface area (Å²) in [7, 11) is 0. The van der Waals surface area contributed by atoms with Gasteiger partial charge in [0.2, 0.25) is 0 Å². The molecule has 2 aromatic carbocycles. The molecule has 0 atom stereocenters. The Morgan fingerprint density at radius 1 is 0.931 bits per heavy atom. The number of anilines is 3. The number of rotatable bonds is 6. The first kappa shape index (κ1) is 19.6. The third kappa shape index (κ3) is 4.82. The molecule has 2 saturated heterocycles. The summed E-state index contributed by atoms with van der Waals surface area (Å²) in [5.41, 5.74) is 9.48. The largest absolute Gasteiger partial charge is 0.399 e. The average Bonchev–Trinajstić information content (AvgIpc) is 3.30. The van der Waals surface area contributed by atoms with Gasteiger partial charge in [-0.25, -0.2) is 0 Å². The molecule has 29 heavy (non-hydrogen) atoms. The lowest BCUT2D eigenvalue weighted by Crippen LogP contribution is -2.47. The van der Waals surface area contributed by atoms with E-state index in [0.29, 0.717) is 11.3 Å². The summed E-state index contributed by atoms with van der Waals surface area (Å²) in [6, 6.07) is 16.2. The van der Waals surface area contributed by atoms with E-state index in [1.54, 1.807) is 0 Å². The summed E-state index contributed by atoms with van der Waals surface area (Å²) in [5.74, 6) is 0.0915. The van der Waals surface area contributed by atoms with Gasteiger partial charge in [0.25, 0.3) is 5.91 Å². The summed E-state index contributed by atoms with van der Waals surface area (Å²) in [6.07, 6.45) is 2.18. The van der Waals surface area contributed by atoms with Crippen LogP contribution >= 0.6 is 0 Å². The summed E-state index contributed by atoms with van der Waals surface area (Å²) in [5, 5.41) is 3.48. The van der Waals surface area contributed by atoms with Crippen molar-refractivity contribution < 1.29 is 4.79 Å². The zero-order chi connectivity index (χ0) is 20.1. The predicted molar refractivity (Wildman–Crippen MR) is 120 cm³/mol. The van der Waals surface area contributed by atoms with Gasteiger partial charge in [-0.3, -0.25) is 9.69 Å². The van der Waals surface area contributed by atoms with E-state index in [1.807, 2.05) is 23.1 Å². The van der Waals surface area contributed by atoms with Gasteiger partial charge in [-0.05, 0) is 43.2 Å². The molecule has 0 spiro atoms. The van der Waals surface area contributed by atoms with Crippen molar-refractivity contribution in [1.82, 2.24) is 9.80 Å². The van der Waals surface area contributed by atoms with Crippen molar-refractivity contribution in [1.29, 1.82) is 0 Å². The molecule has 6 heteroatoms. The molecular weight excluding hydrogens is 362 g/mol. The second kappa shape index (κ2) is 9.18. The van der Waals surface area contributed by atoms with Crippen LogP contribution in [0, 0.1) is 0 Å². The first-order valence-corrected chi connectivity index (χ1v) is 10.7. The van der Waals surface area contributed by atoms with Crippen LogP contribution in [0.15, 0.2) is 48.5 Å². The Kier molecular flexibility index (Phi) is 6.20. The van der Waals surface area contributed by atoms with Crippen molar-refractivity contribution in [2.45, 2.75) is 12.8 Å². The lowest BCUT2D eigenvalue weighted by molar-refractivity contribution is 0.0794. The first-order valence-electron chi connectivity index (χ1n) is 10.7. The number of piperazine rings is 1. The van der Waals surface area contributed by atoms with E-state index in [0.717, 1.165) is 70.9 Å². The highest BCUT2D eigenvalue weighted by Gasteiger charge is 2.22. The van der Waals surface area contributed by atoms with Crippen LogP contribution in [0.5, 0.6) is 0 Å². The van der Waals surface area contributed by atoms with Crippen molar-refractivity contribution in [3.63, 3.8) is 0 Å². The summed E-state index contributed by atoms with van der Waals surface area (Å²) in [4.78, 5) is 19.7. The molecule has 0 bridgehead atoms. The molecule has 0 aromatic heterocycles. The minimum Gasteiger partial charge on any atom is -0.399 e. The normalized spacial score (nSPS) is 17.5. The van der Waals surface area contributed by atoms with Crippen LogP contribution < -0.4 is 16.0 Å². The van der Waals surface area contributed by atoms with Crippen LogP contribution in [-0.2, 0) is 0 Å². The third-order valence-corrected chi connectivity index (χ3v) is 5.90. The molecule has 6 nitrogen and oxygen atoms in total. The Labute approximate surface area is 173 Å². The zero-order valence-corrected chi connectivity index (χ0v) is 17.0. The number of nitrogen functional groups attached to an aromatic ring is 1. The number of nitrogens with zero attached hydrogens (tertiary/aromatic N) is 3. The summed E-state index contributed by atoms with van der Waals surface area (Å²) < 4.78 is 0. The Morgan fingerprint density at radius 3 is 2.38 bits per heavy atom. The van der Waals surface area contributed by atoms with Gasteiger partial charge in [-0.1, -0.05) is 18.2 Å². The number of nitrogens with two attached hydrogens (primary N) is 1. The molecule has 2 aliphatic rings. The molecule has 0 saturated carbocycles. The van der Waals surface area contributed by atoms with E-state index in [2.05, 4.69) is 45.4 Å².